The highest BCUT2D eigenvalue weighted by atomic mass is 16.4. The first-order valence-electron chi connectivity index (χ1n) is 9.49. The zero-order valence-electron chi connectivity index (χ0n) is 15.1. The van der Waals surface area contributed by atoms with Crippen LogP contribution in [0, 0.1) is 29.1 Å². The van der Waals surface area contributed by atoms with Crippen molar-refractivity contribution in [3.05, 3.63) is 41.6 Å². The van der Waals surface area contributed by atoms with Crippen LogP contribution in [-0.4, -0.2) is 22.5 Å². The molecule has 1 aromatic carbocycles. The molecule has 0 heterocycles. The van der Waals surface area contributed by atoms with Crippen molar-refractivity contribution < 1.29 is 14.7 Å². The van der Waals surface area contributed by atoms with Crippen LogP contribution >= 0.6 is 0 Å². The Morgan fingerprint density at radius 3 is 2.33 bits per heavy atom. The van der Waals surface area contributed by atoms with Crippen molar-refractivity contribution in [2.45, 2.75) is 44.1 Å². The molecule has 4 fully saturated rings. The first kappa shape index (κ1) is 17.6. The van der Waals surface area contributed by atoms with E-state index < -0.39 is 11.9 Å². The molecule has 4 aliphatic carbocycles. The van der Waals surface area contributed by atoms with Gasteiger partial charge in [0.2, 0.25) is 0 Å². The summed E-state index contributed by atoms with van der Waals surface area (Å²) in [5.74, 6) is 0.726. The molecule has 0 unspecified atom stereocenters. The van der Waals surface area contributed by atoms with Crippen LogP contribution < -0.4 is 10.6 Å². The van der Waals surface area contributed by atoms with Crippen molar-refractivity contribution in [2.24, 2.45) is 17.8 Å². The van der Waals surface area contributed by atoms with Gasteiger partial charge in [-0.15, -0.1) is 0 Å². The minimum Gasteiger partial charge on any atom is -0.478 e. The molecular formula is C21H23N3O3. The highest BCUT2D eigenvalue weighted by Crippen LogP contribution is 2.55. The molecule has 3 N–H and O–H groups in total. The normalized spacial score (nSPS) is 31.2. The zero-order valence-corrected chi connectivity index (χ0v) is 15.1. The van der Waals surface area contributed by atoms with E-state index in [1.807, 2.05) is 6.07 Å². The Morgan fingerprint density at radius 2 is 1.78 bits per heavy atom. The lowest BCUT2D eigenvalue weighted by Gasteiger charge is -2.56. The molecular weight excluding hydrogens is 342 g/mol. The summed E-state index contributed by atoms with van der Waals surface area (Å²) >= 11 is 0. The third kappa shape index (κ3) is 3.55. The number of nitrogens with zero attached hydrogens (tertiary/aromatic N) is 1. The number of benzene rings is 1. The molecule has 4 aliphatic rings. The van der Waals surface area contributed by atoms with E-state index in [0.29, 0.717) is 5.69 Å². The highest BCUT2D eigenvalue weighted by Gasteiger charge is 2.50. The van der Waals surface area contributed by atoms with E-state index in [2.05, 4.69) is 10.6 Å². The first-order valence-corrected chi connectivity index (χ1v) is 9.49. The summed E-state index contributed by atoms with van der Waals surface area (Å²) < 4.78 is 0. The third-order valence-corrected chi connectivity index (χ3v) is 6.29. The molecule has 6 heteroatoms. The van der Waals surface area contributed by atoms with Crippen molar-refractivity contribution >= 4 is 17.6 Å². The smallest absolute Gasteiger partial charge is 0.335 e. The van der Waals surface area contributed by atoms with Crippen LogP contribution in [0.5, 0.6) is 0 Å². The van der Waals surface area contributed by atoms with Gasteiger partial charge in [-0.3, -0.25) is 4.79 Å². The number of nitriles is 1. The molecule has 4 saturated carbocycles. The van der Waals surface area contributed by atoms with Gasteiger partial charge in [-0.05, 0) is 74.5 Å². The number of hydrogen-bond donors (Lipinski definition) is 3. The van der Waals surface area contributed by atoms with Crippen LogP contribution in [0.15, 0.2) is 36.0 Å². The Balaban J connectivity index is 1.46. The summed E-state index contributed by atoms with van der Waals surface area (Å²) in [6.07, 6.45) is 8.91. The molecule has 4 bridgehead atoms. The Labute approximate surface area is 158 Å². The molecule has 27 heavy (non-hydrogen) atoms. The monoisotopic (exact) mass is 365 g/mol. The van der Waals surface area contributed by atoms with E-state index in [-0.39, 0.29) is 16.7 Å². The number of rotatable bonds is 5. The van der Waals surface area contributed by atoms with Crippen LogP contribution in [0.4, 0.5) is 5.69 Å². The second kappa shape index (κ2) is 6.73. The molecule has 0 saturated heterocycles. The number of hydrogen-bond acceptors (Lipinski definition) is 4. The summed E-state index contributed by atoms with van der Waals surface area (Å²) in [7, 11) is 0. The molecule has 5 rings (SSSR count). The summed E-state index contributed by atoms with van der Waals surface area (Å²) in [5, 5.41) is 24.5. The van der Waals surface area contributed by atoms with Crippen molar-refractivity contribution in [1.82, 2.24) is 5.32 Å². The summed E-state index contributed by atoms with van der Waals surface area (Å²) in [4.78, 5) is 23.5. The second-order valence-corrected chi connectivity index (χ2v) is 8.35. The van der Waals surface area contributed by atoms with Gasteiger partial charge in [0.25, 0.3) is 5.91 Å². The number of carbonyl (C=O) groups excluding carboxylic acids is 1. The minimum absolute atomic E-state index is 0.00599. The van der Waals surface area contributed by atoms with Crippen molar-refractivity contribution in [1.29, 1.82) is 5.26 Å². The third-order valence-electron chi connectivity index (χ3n) is 6.29. The molecule has 1 amide bonds. The van der Waals surface area contributed by atoms with Crippen LogP contribution in [-0.2, 0) is 4.79 Å². The van der Waals surface area contributed by atoms with Crippen molar-refractivity contribution in [3.63, 3.8) is 0 Å². The van der Waals surface area contributed by atoms with Crippen LogP contribution in [0.1, 0.15) is 48.9 Å². The molecule has 0 aromatic heterocycles. The average molecular weight is 365 g/mol. The quantitative estimate of drug-likeness (QED) is 0.549. The van der Waals surface area contributed by atoms with Gasteiger partial charge in [-0.25, -0.2) is 4.79 Å². The highest BCUT2D eigenvalue weighted by molar-refractivity contribution is 6.06. The Bertz CT molecular complexity index is 817. The Morgan fingerprint density at radius 1 is 1.15 bits per heavy atom. The van der Waals surface area contributed by atoms with E-state index in [1.165, 1.54) is 31.4 Å². The van der Waals surface area contributed by atoms with E-state index in [0.717, 1.165) is 37.0 Å². The van der Waals surface area contributed by atoms with Gasteiger partial charge in [0.05, 0.1) is 5.56 Å². The molecule has 0 atom stereocenters. The van der Waals surface area contributed by atoms with Crippen LogP contribution in [0.2, 0.25) is 0 Å². The van der Waals surface area contributed by atoms with Crippen LogP contribution in [0.3, 0.4) is 0 Å². The fraction of sp³-hybridized carbons (Fsp3) is 0.476. The standard InChI is InChI=1S/C21H23N3O3/c22-11-17(19(25)24-18-3-1-2-16(7-18)20(26)27)12-23-21-8-13-4-14(9-21)6-15(5-13)10-21/h1-3,7,12-15,23H,4-6,8-10H2,(H,24,25)(H,26,27)/b17-12-. The second-order valence-electron chi connectivity index (χ2n) is 8.35. The molecule has 1 aromatic rings. The van der Waals surface area contributed by atoms with Gasteiger partial charge in [-0.1, -0.05) is 6.07 Å². The number of nitrogens with one attached hydrogen (secondary N) is 2. The van der Waals surface area contributed by atoms with Gasteiger partial charge < -0.3 is 15.7 Å². The Hall–Kier alpha value is -2.81. The van der Waals surface area contributed by atoms with Gasteiger partial charge in [0, 0.05) is 17.4 Å². The summed E-state index contributed by atoms with van der Waals surface area (Å²) in [6.45, 7) is 0. The van der Waals surface area contributed by atoms with Gasteiger partial charge in [-0.2, -0.15) is 5.26 Å². The predicted molar refractivity (Wildman–Crippen MR) is 99.8 cm³/mol. The van der Waals surface area contributed by atoms with Crippen molar-refractivity contribution in [2.75, 3.05) is 5.32 Å². The average Bonchev–Trinajstić information content (AvgIpc) is 2.61. The minimum atomic E-state index is -1.06. The fourth-order valence-corrected chi connectivity index (χ4v) is 5.59. The lowest BCUT2D eigenvalue weighted by molar-refractivity contribution is -0.112. The van der Waals surface area contributed by atoms with Gasteiger partial charge in [0.15, 0.2) is 0 Å². The SMILES string of the molecule is N#C/C(=C/NC12CC3CC(CC(C3)C1)C2)C(=O)Nc1cccc(C(=O)O)c1. The maximum atomic E-state index is 12.5. The number of carboxylic acid groups (broad SMARTS) is 1. The zero-order chi connectivity index (χ0) is 19.0. The lowest BCUT2D eigenvalue weighted by atomic mass is 9.53. The number of aromatic carboxylic acids is 1. The topological polar surface area (TPSA) is 102 Å². The number of anilines is 1. The first-order chi connectivity index (χ1) is 13.0. The maximum Gasteiger partial charge on any atom is 0.335 e. The number of carboxylic acids is 1. The van der Waals surface area contributed by atoms with Gasteiger partial charge in [0.1, 0.15) is 11.6 Å². The summed E-state index contributed by atoms with van der Waals surface area (Å²) in [5.41, 5.74) is 0.477. The Kier molecular flexibility index (Phi) is 4.39. The van der Waals surface area contributed by atoms with Gasteiger partial charge >= 0.3 is 5.97 Å². The van der Waals surface area contributed by atoms with Crippen LogP contribution in [0.25, 0.3) is 0 Å². The fourth-order valence-electron chi connectivity index (χ4n) is 5.59. The van der Waals surface area contributed by atoms with E-state index in [4.69, 9.17) is 5.11 Å². The maximum absolute atomic E-state index is 12.5. The number of carbonyl (C=O) groups is 2. The molecule has 6 nitrogen and oxygen atoms in total. The predicted octanol–water partition coefficient (Wildman–Crippen LogP) is 3.29. The van der Waals surface area contributed by atoms with E-state index >= 15 is 0 Å². The summed E-state index contributed by atoms with van der Waals surface area (Å²) in [6, 6.07) is 7.95. The molecule has 0 radical (unpaired) electrons. The molecule has 0 spiro atoms. The van der Waals surface area contributed by atoms with E-state index in [1.54, 1.807) is 18.3 Å². The van der Waals surface area contributed by atoms with E-state index in [9.17, 15) is 14.9 Å². The molecule has 0 aliphatic heterocycles. The van der Waals surface area contributed by atoms with Crippen molar-refractivity contribution in [3.8, 4) is 6.07 Å². The molecule has 140 valence electrons. The largest absolute Gasteiger partial charge is 0.478 e. The number of amides is 1. The lowest BCUT2D eigenvalue weighted by Crippen LogP contribution is -2.57.